The predicted octanol–water partition coefficient (Wildman–Crippen LogP) is 6.51. The lowest BCUT2D eigenvalue weighted by molar-refractivity contribution is -0.147. The lowest BCUT2D eigenvalue weighted by atomic mass is 9.98. The molecule has 6 rings (SSSR count). The molecule has 4 heterocycles. The molecule has 0 aromatic rings. The summed E-state index contributed by atoms with van der Waals surface area (Å²) in [6.07, 6.45) is 7.07. The van der Waals surface area contributed by atoms with Crippen molar-refractivity contribution >= 4 is 78.0 Å². The topological polar surface area (TPSA) is 297 Å². The molecule has 6 amide bonds. The Hall–Kier alpha value is -3.90. The first kappa shape index (κ1) is 74.8. The van der Waals surface area contributed by atoms with E-state index in [4.69, 9.17) is 14.2 Å². The molecule has 0 bridgehead atoms. The van der Waals surface area contributed by atoms with E-state index in [9.17, 15) is 55.5 Å². The summed E-state index contributed by atoms with van der Waals surface area (Å²) >= 11 is 0. The summed E-state index contributed by atoms with van der Waals surface area (Å²) in [7, 11) is -9.58. The SMILES string of the molecule is CC(C)(C)OC(=O)N[C@H]1CN(S(=O)(=O)CC[Si](C)(C)C)CCCCCCC[C@@H](CO)NC(=O)[C@@H]2[C@@H]3[C@H](CN2C1=O)C3(C)C.COC(=O)[C@@H]1CCCCCCCN(S(=O)(=O)CC[Si](C)(C)C)C[C@H](NC(=O)OC(C)(C)C)C(=O)N2C[C@H]3[C@@H]([C@H]2C(=O)N1)C3(C)C. The molecule has 27 heteroatoms. The number of sulfonamides is 2. The van der Waals surface area contributed by atoms with E-state index in [1.54, 1.807) is 41.5 Å². The number of carbonyl (C=O) groups excluding carboxylic acids is 7. The summed E-state index contributed by atoms with van der Waals surface area (Å²) in [5.41, 5.74) is -2.00. The molecule has 5 N–H and O–H groups in total. The number of amides is 6. The Morgan fingerprint density at radius 3 is 1.31 bits per heavy atom. The summed E-state index contributed by atoms with van der Waals surface area (Å²) < 4.78 is 73.6. The van der Waals surface area contributed by atoms with Gasteiger partial charge in [0.1, 0.15) is 41.4 Å². The molecule has 0 spiro atoms. The zero-order valence-electron chi connectivity index (χ0n) is 56.3. The first-order valence-electron chi connectivity index (χ1n) is 32.3. The first-order valence-corrected chi connectivity index (χ1v) is 42.9. The molecular weight excluding hydrogens is 1210 g/mol. The van der Waals surface area contributed by atoms with Crippen LogP contribution in [-0.4, -0.2) is 210 Å². The normalized spacial score (nSPS) is 29.3. The van der Waals surface area contributed by atoms with E-state index < -0.39 is 120 Å². The minimum atomic E-state index is -3.76. The van der Waals surface area contributed by atoms with Gasteiger partial charge in [0, 0.05) is 55.4 Å². The molecule has 4 aliphatic heterocycles. The van der Waals surface area contributed by atoms with Crippen LogP contribution in [0, 0.1) is 34.5 Å². The van der Waals surface area contributed by atoms with Gasteiger partial charge in [-0.25, -0.2) is 31.2 Å². The highest BCUT2D eigenvalue weighted by atomic mass is 32.2. The van der Waals surface area contributed by atoms with Crippen molar-refractivity contribution in [2.24, 2.45) is 34.5 Å². The second kappa shape index (κ2) is 29.8. The molecular formula is C61H112N8O15S2Si2. The number of nitrogens with one attached hydrogen (secondary N) is 4. The molecule has 506 valence electrons. The molecule has 0 radical (unpaired) electrons. The predicted molar refractivity (Wildman–Crippen MR) is 344 cm³/mol. The largest absolute Gasteiger partial charge is 0.467 e. The maximum Gasteiger partial charge on any atom is 0.408 e. The van der Waals surface area contributed by atoms with E-state index in [-0.39, 0.29) is 91.2 Å². The van der Waals surface area contributed by atoms with Crippen LogP contribution >= 0.6 is 0 Å². The summed E-state index contributed by atoms with van der Waals surface area (Å²) in [6.45, 7) is 31.7. The molecule has 2 saturated carbocycles. The summed E-state index contributed by atoms with van der Waals surface area (Å²) in [5, 5.41) is 21.2. The number of piperidine rings is 2. The number of hydrogen-bond donors (Lipinski definition) is 5. The van der Waals surface area contributed by atoms with Gasteiger partial charge in [-0.05, 0) is 114 Å². The molecule has 6 aliphatic rings. The average molecular weight is 1320 g/mol. The van der Waals surface area contributed by atoms with Crippen LogP contribution < -0.4 is 21.3 Å². The van der Waals surface area contributed by atoms with Gasteiger partial charge in [0.25, 0.3) is 0 Å². The lowest BCUT2D eigenvalue weighted by Gasteiger charge is -2.35. The molecule has 4 saturated heterocycles. The number of alkyl carbamates (subject to hydrolysis) is 2. The van der Waals surface area contributed by atoms with E-state index in [0.717, 1.165) is 44.9 Å². The van der Waals surface area contributed by atoms with Crippen LogP contribution in [-0.2, 0) is 58.2 Å². The quantitative estimate of drug-likeness (QED) is 0.0791. The molecule has 23 nitrogen and oxygen atoms in total. The van der Waals surface area contributed by atoms with Gasteiger partial charge in [-0.3, -0.25) is 19.2 Å². The van der Waals surface area contributed by atoms with E-state index in [2.05, 4.69) is 88.2 Å². The van der Waals surface area contributed by atoms with Gasteiger partial charge in [0.05, 0.1) is 31.3 Å². The van der Waals surface area contributed by atoms with Gasteiger partial charge in [-0.15, -0.1) is 0 Å². The number of nitrogens with zero attached hydrogens (tertiary/aromatic N) is 4. The molecule has 6 fully saturated rings. The Bertz CT molecular complexity index is 2690. The zero-order valence-corrected chi connectivity index (χ0v) is 59.9. The van der Waals surface area contributed by atoms with E-state index >= 15 is 0 Å². The molecule has 0 aromatic carbocycles. The summed E-state index contributed by atoms with van der Waals surface area (Å²) in [5.74, 6) is -2.41. The van der Waals surface area contributed by atoms with Crippen LogP contribution in [0.2, 0.25) is 51.4 Å². The second-order valence-electron chi connectivity index (χ2n) is 31.2. The smallest absolute Gasteiger partial charge is 0.408 e. The van der Waals surface area contributed by atoms with Crippen molar-refractivity contribution in [3.63, 3.8) is 0 Å². The van der Waals surface area contributed by atoms with E-state index in [1.165, 1.54) is 25.5 Å². The Morgan fingerprint density at radius 2 is 0.943 bits per heavy atom. The number of aliphatic hydroxyl groups is 1. The average Bonchev–Trinajstić information content (AvgIpc) is 1.54. The van der Waals surface area contributed by atoms with Gasteiger partial charge in [0.2, 0.25) is 43.7 Å². The summed E-state index contributed by atoms with van der Waals surface area (Å²) in [6, 6.07) is -4.24. The standard InChI is InChI=1S/C31H56N4O8SSi.C30H56N4O7SSi/c1-30(2,3)43-29(39)33-23-20-34(44(40,41)17-18-45(7,8)9)16-14-12-10-11-13-15-22(28(38)42-6)32-26(36)25-24-21(31(24,4)5)19-35(25)27(23)37;1-29(2,3)41-28(38)32-23-19-33(42(39,40)16-17-43(6,7)8)15-13-11-9-10-12-14-21(20-35)31-26(36)25-24-22(30(24,4)5)18-34(25)27(23)37/h21-25H,10-20H2,1-9H3,(H,32,36)(H,33,39);21-25,35H,9-20H2,1-8H3,(H,31,36)(H,32,38)/t2*21-,22-,23-,24-,25-/m00/s1. The van der Waals surface area contributed by atoms with Crippen LogP contribution in [0.15, 0.2) is 0 Å². The van der Waals surface area contributed by atoms with Gasteiger partial charge in [-0.1, -0.05) is 118 Å². The van der Waals surface area contributed by atoms with Crippen LogP contribution in [0.25, 0.3) is 0 Å². The van der Waals surface area contributed by atoms with Crippen molar-refractivity contribution in [2.75, 3.05) is 64.5 Å². The number of fused-ring (bicyclic) bond motifs is 6. The van der Waals surface area contributed by atoms with Crippen molar-refractivity contribution < 1.29 is 69.7 Å². The van der Waals surface area contributed by atoms with Crippen LogP contribution in [0.5, 0.6) is 0 Å². The van der Waals surface area contributed by atoms with Gasteiger partial charge in [0.15, 0.2) is 0 Å². The first-order chi connectivity index (χ1) is 40.4. The summed E-state index contributed by atoms with van der Waals surface area (Å²) in [4.78, 5) is 97.9. The number of hydrogen-bond acceptors (Lipinski definition) is 15. The molecule has 0 aromatic heterocycles. The minimum Gasteiger partial charge on any atom is -0.467 e. The minimum absolute atomic E-state index is 0.00823. The van der Waals surface area contributed by atoms with Crippen LogP contribution in [0.3, 0.4) is 0 Å². The highest BCUT2D eigenvalue weighted by Crippen LogP contribution is 2.66. The maximum absolute atomic E-state index is 14.4. The third-order valence-electron chi connectivity index (χ3n) is 18.5. The fraction of sp³-hybridized carbons (Fsp3) is 0.885. The highest BCUT2D eigenvalue weighted by Gasteiger charge is 2.71. The molecule has 0 unspecified atom stereocenters. The Kier molecular flexibility index (Phi) is 25.3. The molecule has 88 heavy (non-hydrogen) atoms. The Morgan fingerprint density at radius 1 is 0.580 bits per heavy atom. The van der Waals surface area contributed by atoms with E-state index in [0.29, 0.717) is 50.7 Å². The highest BCUT2D eigenvalue weighted by molar-refractivity contribution is 7.89. The second-order valence-corrected chi connectivity index (χ2v) is 46.7. The van der Waals surface area contributed by atoms with Crippen LogP contribution in [0.4, 0.5) is 9.59 Å². The third-order valence-corrected chi connectivity index (χ3v) is 26.4. The number of aliphatic hydroxyl groups excluding tert-OH is 1. The van der Waals surface area contributed by atoms with Crippen molar-refractivity contribution in [1.82, 2.24) is 39.7 Å². The monoisotopic (exact) mass is 1320 g/mol. The van der Waals surface area contributed by atoms with Crippen LogP contribution in [0.1, 0.15) is 146 Å². The number of ether oxygens (including phenoxy) is 3. The zero-order chi connectivity index (χ0) is 66.3. The lowest BCUT2D eigenvalue weighted by Crippen LogP contribution is -2.60. The number of esters is 1. The Balaban J connectivity index is 0.000000321. The number of carbonyl (C=O) groups is 7. The van der Waals surface area contributed by atoms with Gasteiger partial charge in [-0.2, -0.15) is 8.61 Å². The fourth-order valence-corrected chi connectivity index (χ4v) is 22.1. The van der Waals surface area contributed by atoms with Gasteiger partial charge < -0.3 is 50.4 Å². The van der Waals surface area contributed by atoms with Crippen molar-refractivity contribution in [3.05, 3.63) is 0 Å². The molecule has 10 atom stereocenters. The van der Waals surface area contributed by atoms with Gasteiger partial charge >= 0.3 is 18.2 Å². The fourth-order valence-electron chi connectivity index (χ4n) is 13.0. The van der Waals surface area contributed by atoms with Crippen molar-refractivity contribution in [1.29, 1.82) is 0 Å². The van der Waals surface area contributed by atoms with E-state index in [1.807, 2.05) is 0 Å². The van der Waals surface area contributed by atoms with Crippen molar-refractivity contribution in [3.8, 4) is 0 Å². The number of methoxy groups -OCH3 is 1. The maximum atomic E-state index is 14.4. The Labute approximate surface area is 528 Å². The van der Waals surface area contributed by atoms with Crippen molar-refractivity contribution in [2.45, 2.75) is 245 Å². The number of rotatable bonds is 12. The third kappa shape index (κ3) is 21.1. The molecule has 2 aliphatic carbocycles.